The molecular weight excluding hydrogens is 405 g/mol. The Morgan fingerprint density at radius 2 is 1.84 bits per heavy atom. The highest BCUT2D eigenvalue weighted by atomic mass is 19.4. The second-order valence-electron chi connectivity index (χ2n) is 8.61. The third-order valence-corrected chi connectivity index (χ3v) is 5.40. The van der Waals surface area contributed by atoms with Gasteiger partial charge < -0.3 is 15.0 Å². The highest BCUT2D eigenvalue weighted by Gasteiger charge is 2.40. The molecule has 0 spiro atoms. The molecule has 0 atom stereocenters. The molecule has 7 heteroatoms. The van der Waals surface area contributed by atoms with Gasteiger partial charge in [0.25, 0.3) is 5.91 Å². The van der Waals surface area contributed by atoms with Crippen molar-refractivity contribution < 1.29 is 22.7 Å². The maximum Gasteiger partial charge on any atom is 0.420 e. The van der Waals surface area contributed by atoms with E-state index in [1.807, 2.05) is 19.2 Å². The first kappa shape index (κ1) is 23.1. The van der Waals surface area contributed by atoms with Crippen LogP contribution >= 0.6 is 0 Å². The summed E-state index contributed by atoms with van der Waals surface area (Å²) in [6.07, 6.45) is -4.40. The molecule has 1 amide bonds. The van der Waals surface area contributed by atoms with E-state index in [4.69, 9.17) is 4.74 Å². The van der Waals surface area contributed by atoms with Crippen LogP contribution in [-0.2, 0) is 19.1 Å². The van der Waals surface area contributed by atoms with Crippen LogP contribution in [0.25, 0.3) is 0 Å². The van der Waals surface area contributed by atoms with Crippen LogP contribution in [0.2, 0.25) is 0 Å². The Morgan fingerprint density at radius 3 is 2.45 bits per heavy atom. The van der Waals surface area contributed by atoms with E-state index in [1.54, 1.807) is 33.8 Å². The molecule has 1 N–H and O–H groups in total. The van der Waals surface area contributed by atoms with Crippen LogP contribution in [0, 0.1) is 0 Å². The first-order valence-corrected chi connectivity index (χ1v) is 10.5. The molecule has 4 nitrogen and oxygen atoms in total. The summed E-state index contributed by atoms with van der Waals surface area (Å²) in [7, 11) is 2.03. The van der Waals surface area contributed by atoms with Gasteiger partial charge in [-0.15, -0.1) is 0 Å². The number of benzene rings is 2. The van der Waals surface area contributed by atoms with Crippen LogP contribution in [-0.4, -0.2) is 30.5 Å². The predicted molar refractivity (Wildman–Crippen MR) is 116 cm³/mol. The number of likely N-dealkylation sites (N-methyl/N-ethyl adjacent to an activating group) is 1. The molecule has 3 rings (SSSR count). The summed E-state index contributed by atoms with van der Waals surface area (Å²) >= 11 is 0. The van der Waals surface area contributed by atoms with Gasteiger partial charge in [-0.3, -0.25) is 4.79 Å². The average molecular weight is 435 g/mol. The zero-order valence-electron chi connectivity index (χ0n) is 18.6. The van der Waals surface area contributed by atoms with Crippen molar-refractivity contribution in [3.05, 3.63) is 58.1 Å². The second kappa shape index (κ2) is 8.91. The molecule has 2 aromatic rings. The number of nitrogens with zero attached hydrogens (tertiary/aromatic N) is 1. The Labute approximate surface area is 181 Å². The van der Waals surface area contributed by atoms with E-state index in [1.165, 1.54) is 12.1 Å². The lowest BCUT2D eigenvalue weighted by molar-refractivity contribution is -0.140. The van der Waals surface area contributed by atoms with Gasteiger partial charge in [0.1, 0.15) is 11.3 Å². The van der Waals surface area contributed by atoms with Crippen LogP contribution in [0.4, 0.5) is 18.9 Å². The number of hydrogen-bond donors (Lipinski definition) is 1. The van der Waals surface area contributed by atoms with Crippen LogP contribution < -0.4 is 10.1 Å². The Bertz CT molecular complexity index is 968. The zero-order chi connectivity index (χ0) is 22.9. The van der Waals surface area contributed by atoms with E-state index in [0.717, 1.165) is 30.6 Å². The largest absolute Gasteiger partial charge is 0.490 e. The van der Waals surface area contributed by atoms with Gasteiger partial charge in [-0.05, 0) is 62.1 Å². The summed E-state index contributed by atoms with van der Waals surface area (Å²) in [5.41, 5.74) is 1.88. The Hall–Kier alpha value is -2.54. The fourth-order valence-corrected chi connectivity index (χ4v) is 3.97. The van der Waals surface area contributed by atoms with E-state index < -0.39 is 29.5 Å². The predicted octanol–water partition coefficient (Wildman–Crippen LogP) is 5.86. The number of anilines is 1. The van der Waals surface area contributed by atoms with E-state index in [-0.39, 0.29) is 17.0 Å². The average Bonchev–Trinajstić information content (AvgIpc) is 2.66. The molecule has 1 aliphatic rings. The third kappa shape index (κ3) is 5.03. The van der Waals surface area contributed by atoms with Crippen LogP contribution in [0.1, 0.15) is 66.2 Å². The quantitative estimate of drug-likeness (QED) is 0.641. The van der Waals surface area contributed by atoms with Crippen molar-refractivity contribution in [2.24, 2.45) is 0 Å². The van der Waals surface area contributed by atoms with Crippen molar-refractivity contribution in [2.75, 3.05) is 18.9 Å². The number of fused-ring (bicyclic) bond motifs is 1. The fraction of sp³-hybridized carbons (Fsp3) is 0.458. The minimum Gasteiger partial charge on any atom is -0.490 e. The lowest BCUT2D eigenvalue weighted by atomic mass is 9.93. The minimum absolute atomic E-state index is 0.111. The number of carbonyl (C=O) groups is 1. The van der Waals surface area contributed by atoms with Gasteiger partial charge in [0.05, 0.1) is 11.7 Å². The molecule has 1 aliphatic heterocycles. The zero-order valence-corrected chi connectivity index (χ0v) is 18.6. The minimum atomic E-state index is -4.64. The number of ether oxygens (including phenoxy) is 1. The molecule has 31 heavy (non-hydrogen) atoms. The number of carbonyl (C=O) groups excluding carboxylic acids is 1. The van der Waals surface area contributed by atoms with Gasteiger partial charge >= 0.3 is 6.18 Å². The number of hydrogen-bond acceptors (Lipinski definition) is 3. The SMILES string of the molecule is CC(C)Oc1c(C(=O)Nc2cccc3c2CCN(C)C3)ccc(C(C)C)c1C(F)(F)F. The van der Waals surface area contributed by atoms with Gasteiger partial charge in [0.15, 0.2) is 0 Å². The van der Waals surface area contributed by atoms with Crippen molar-refractivity contribution in [1.29, 1.82) is 0 Å². The lowest BCUT2D eigenvalue weighted by Gasteiger charge is -2.27. The summed E-state index contributed by atoms with van der Waals surface area (Å²) in [4.78, 5) is 15.3. The maximum atomic E-state index is 14.0. The first-order valence-electron chi connectivity index (χ1n) is 10.5. The normalized spacial score (nSPS) is 14.6. The Balaban J connectivity index is 2.06. The van der Waals surface area contributed by atoms with Crippen molar-refractivity contribution in [3.8, 4) is 5.75 Å². The van der Waals surface area contributed by atoms with Crippen LogP contribution in [0.3, 0.4) is 0 Å². The smallest absolute Gasteiger partial charge is 0.420 e. The summed E-state index contributed by atoms with van der Waals surface area (Å²) in [5.74, 6) is -1.39. The second-order valence-corrected chi connectivity index (χ2v) is 8.61. The number of alkyl halides is 3. The summed E-state index contributed by atoms with van der Waals surface area (Å²) in [5, 5.41) is 2.84. The van der Waals surface area contributed by atoms with E-state index in [0.29, 0.717) is 5.69 Å². The van der Waals surface area contributed by atoms with Crippen molar-refractivity contribution in [2.45, 2.75) is 58.9 Å². The van der Waals surface area contributed by atoms with Crippen LogP contribution in [0.15, 0.2) is 30.3 Å². The topological polar surface area (TPSA) is 41.6 Å². The van der Waals surface area contributed by atoms with Gasteiger partial charge in [-0.1, -0.05) is 32.0 Å². The molecular formula is C24H29F3N2O2. The van der Waals surface area contributed by atoms with Gasteiger partial charge in [-0.2, -0.15) is 13.2 Å². The van der Waals surface area contributed by atoms with Gasteiger partial charge in [0.2, 0.25) is 0 Å². The van der Waals surface area contributed by atoms with Crippen molar-refractivity contribution >= 4 is 11.6 Å². The Morgan fingerprint density at radius 1 is 1.13 bits per heavy atom. The fourth-order valence-electron chi connectivity index (χ4n) is 3.97. The summed E-state index contributed by atoms with van der Waals surface area (Å²) in [6, 6.07) is 8.46. The van der Waals surface area contributed by atoms with Crippen LogP contribution in [0.5, 0.6) is 5.75 Å². The molecule has 0 radical (unpaired) electrons. The highest BCUT2D eigenvalue weighted by Crippen LogP contribution is 2.44. The molecule has 0 saturated heterocycles. The van der Waals surface area contributed by atoms with Gasteiger partial charge in [-0.25, -0.2) is 0 Å². The molecule has 1 heterocycles. The monoisotopic (exact) mass is 434 g/mol. The molecule has 0 saturated carbocycles. The maximum absolute atomic E-state index is 14.0. The first-order chi connectivity index (χ1) is 14.5. The third-order valence-electron chi connectivity index (χ3n) is 5.40. The molecule has 0 unspecified atom stereocenters. The molecule has 0 aromatic heterocycles. The van der Waals surface area contributed by atoms with Gasteiger partial charge in [0, 0.05) is 18.8 Å². The molecule has 0 bridgehead atoms. The molecule has 0 aliphatic carbocycles. The molecule has 2 aromatic carbocycles. The number of rotatable bonds is 5. The standard InChI is InChI=1S/C24H29F3N2O2/c1-14(2)17-9-10-19(22(31-15(3)4)21(17)24(25,26)27)23(30)28-20-8-6-7-16-13-29(5)12-11-18(16)20/h6-10,14-15H,11-13H2,1-5H3,(H,28,30). The number of halogens is 3. The highest BCUT2D eigenvalue weighted by molar-refractivity contribution is 6.07. The lowest BCUT2D eigenvalue weighted by Crippen LogP contribution is -2.28. The van der Waals surface area contributed by atoms with Crippen molar-refractivity contribution in [3.63, 3.8) is 0 Å². The molecule has 168 valence electrons. The number of amides is 1. The van der Waals surface area contributed by atoms with E-state index in [2.05, 4.69) is 10.2 Å². The Kier molecular flexibility index (Phi) is 6.65. The number of nitrogens with one attached hydrogen (secondary N) is 1. The van der Waals surface area contributed by atoms with E-state index in [9.17, 15) is 18.0 Å². The van der Waals surface area contributed by atoms with Crippen molar-refractivity contribution in [1.82, 2.24) is 4.90 Å². The molecule has 0 fully saturated rings. The summed E-state index contributed by atoms with van der Waals surface area (Å²) in [6.45, 7) is 8.29. The van der Waals surface area contributed by atoms with E-state index >= 15 is 0 Å². The summed E-state index contributed by atoms with van der Waals surface area (Å²) < 4.78 is 47.7.